The Hall–Kier alpha value is -2.06. The number of methoxy groups -OCH3 is 1. The Morgan fingerprint density at radius 1 is 1.09 bits per heavy atom. The van der Waals surface area contributed by atoms with Gasteiger partial charge in [-0.15, -0.1) is 0 Å². The summed E-state index contributed by atoms with van der Waals surface area (Å²) in [5, 5.41) is 3.34. The second kappa shape index (κ2) is 11.6. The second-order valence-electron chi connectivity index (χ2n) is 10.1. The van der Waals surface area contributed by atoms with E-state index in [9.17, 15) is 9.59 Å². The standard InChI is InChI=1S/C25H38ClN5O3/c1-34-24-20(15-21(26)22(27)29-24)23(32)28-19-9-11-30(12-10-19)16-17-7-13-31(14-8-17)25(33)18-5-3-2-4-6-18/h15,17-19H,2-14,16H2,1H3,(H2,27,29)(H,28,32). The van der Waals surface area contributed by atoms with E-state index in [2.05, 4.69) is 20.1 Å². The third-order valence-electron chi connectivity index (χ3n) is 7.73. The van der Waals surface area contributed by atoms with Crippen LogP contribution in [0.25, 0.3) is 0 Å². The number of amides is 2. The van der Waals surface area contributed by atoms with E-state index in [4.69, 9.17) is 22.1 Å². The van der Waals surface area contributed by atoms with Gasteiger partial charge < -0.3 is 25.6 Å². The molecule has 188 valence electrons. The van der Waals surface area contributed by atoms with Crippen molar-refractivity contribution >= 4 is 29.2 Å². The number of halogens is 1. The molecule has 0 aromatic carbocycles. The Bertz CT molecular complexity index is 860. The van der Waals surface area contributed by atoms with Gasteiger partial charge in [-0.05, 0) is 50.5 Å². The number of nitrogen functional groups attached to an aromatic ring is 1. The summed E-state index contributed by atoms with van der Waals surface area (Å²) in [7, 11) is 1.46. The molecular weight excluding hydrogens is 454 g/mol. The van der Waals surface area contributed by atoms with Crippen LogP contribution >= 0.6 is 11.6 Å². The van der Waals surface area contributed by atoms with Crippen molar-refractivity contribution in [1.82, 2.24) is 20.1 Å². The highest BCUT2D eigenvalue weighted by atomic mass is 35.5. The van der Waals surface area contributed by atoms with Gasteiger partial charge in [0.25, 0.3) is 5.91 Å². The molecule has 1 aromatic rings. The van der Waals surface area contributed by atoms with Crippen LogP contribution in [0.2, 0.25) is 5.02 Å². The van der Waals surface area contributed by atoms with E-state index in [0.29, 0.717) is 17.4 Å². The van der Waals surface area contributed by atoms with Crippen LogP contribution in [0.1, 0.15) is 68.1 Å². The normalized spacial score (nSPS) is 21.4. The Kier molecular flexibility index (Phi) is 8.53. The molecule has 3 aliphatic rings. The molecule has 1 aromatic heterocycles. The highest BCUT2D eigenvalue weighted by molar-refractivity contribution is 6.33. The van der Waals surface area contributed by atoms with E-state index in [1.165, 1.54) is 32.4 Å². The summed E-state index contributed by atoms with van der Waals surface area (Å²) in [4.78, 5) is 34.3. The maximum absolute atomic E-state index is 12.8. The van der Waals surface area contributed by atoms with Crippen LogP contribution in [-0.4, -0.2) is 72.5 Å². The topological polar surface area (TPSA) is 101 Å². The van der Waals surface area contributed by atoms with Gasteiger partial charge >= 0.3 is 0 Å². The molecule has 0 radical (unpaired) electrons. The molecule has 2 saturated heterocycles. The highest BCUT2D eigenvalue weighted by Crippen LogP contribution is 2.29. The summed E-state index contributed by atoms with van der Waals surface area (Å²) < 4.78 is 5.21. The zero-order valence-corrected chi connectivity index (χ0v) is 21.0. The zero-order valence-electron chi connectivity index (χ0n) is 20.2. The number of likely N-dealkylation sites (tertiary alicyclic amines) is 2. The van der Waals surface area contributed by atoms with Crippen molar-refractivity contribution in [3.8, 4) is 5.88 Å². The number of nitrogens with two attached hydrogens (primary N) is 1. The summed E-state index contributed by atoms with van der Waals surface area (Å²) in [6.45, 7) is 4.82. The minimum atomic E-state index is -0.236. The molecule has 9 heteroatoms. The molecule has 4 rings (SSSR count). The number of hydrogen-bond donors (Lipinski definition) is 2. The summed E-state index contributed by atoms with van der Waals surface area (Å²) in [5.41, 5.74) is 6.02. The van der Waals surface area contributed by atoms with Gasteiger partial charge in [0.1, 0.15) is 11.4 Å². The van der Waals surface area contributed by atoms with Crippen LogP contribution in [0.15, 0.2) is 6.07 Å². The van der Waals surface area contributed by atoms with Gasteiger partial charge in [0.2, 0.25) is 11.8 Å². The van der Waals surface area contributed by atoms with Crippen LogP contribution in [-0.2, 0) is 4.79 Å². The van der Waals surface area contributed by atoms with Crippen LogP contribution in [0.4, 0.5) is 5.82 Å². The summed E-state index contributed by atoms with van der Waals surface area (Å²) in [6.07, 6.45) is 9.88. The molecule has 0 bridgehead atoms. The molecule has 34 heavy (non-hydrogen) atoms. The number of ether oxygens (including phenoxy) is 1. The lowest BCUT2D eigenvalue weighted by Gasteiger charge is -2.39. The number of pyridine rings is 1. The number of carbonyl (C=O) groups is 2. The number of carbonyl (C=O) groups excluding carboxylic acids is 2. The minimum Gasteiger partial charge on any atom is -0.480 e. The Labute approximate surface area is 207 Å². The SMILES string of the molecule is COc1nc(N)c(Cl)cc1C(=O)NC1CCN(CC2CCN(C(=O)C3CCCCC3)CC2)CC1. The fraction of sp³-hybridized carbons (Fsp3) is 0.720. The average Bonchev–Trinajstić information content (AvgIpc) is 2.87. The molecule has 8 nitrogen and oxygen atoms in total. The largest absolute Gasteiger partial charge is 0.480 e. The molecule has 3 heterocycles. The van der Waals surface area contributed by atoms with E-state index in [1.54, 1.807) is 0 Å². The third kappa shape index (κ3) is 6.13. The monoisotopic (exact) mass is 491 g/mol. The first-order chi connectivity index (χ1) is 16.4. The van der Waals surface area contributed by atoms with E-state index >= 15 is 0 Å². The van der Waals surface area contributed by atoms with Crippen molar-refractivity contribution in [2.75, 3.05) is 45.6 Å². The van der Waals surface area contributed by atoms with Gasteiger partial charge in [0, 0.05) is 44.7 Å². The molecular formula is C25H38ClN5O3. The van der Waals surface area contributed by atoms with Crippen molar-refractivity contribution in [2.45, 2.75) is 63.8 Å². The maximum atomic E-state index is 12.8. The third-order valence-corrected chi connectivity index (χ3v) is 8.03. The van der Waals surface area contributed by atoms with E-state index < -0.39 is 0 Å². The number of anilines is 1. The lowest BCUT2D eigenvalue weighted by atomic mass is 9.87. The van der Waals surface area contributed by atoms with Crippen molar-refractivity contribution in [2.24, 2.45) is 11.8 Å². The lowest BCUT2D eigenvalue weighted by molar-refractivity contribution is -0.138. The molecule has 3 N–H and O–H groups in total. The fourth-order valence-corrected chi connectivity index (χ4v) is 5.79. The van der Waals surface area contributed by atoms with Crippen molar-refractivity contribution in [3.63, 3.8) is 0 Å². The van der Waals surface area contributed by atoms with E-state index in [-0.39, 0.29) is 34.6 Å². The molecule has 2 amide bonds. The predicted octanol–water partition coefficient (Wildman–Crippen LogP) is 3.34. The lowest BCUT2D eigenvalue weighted by Crippen LogP contribution is -2.48. The Morgan fingerprint density at radius 2 is 1.76 bits per heavy atom. The molecule has 1 saturated carbocycles. The van der Waals surface area contributed by atoms with Gasteiger partial charge in [0.05, 0.1) is 12.1 Å². The van der Waals surface area contributed by atoms with E-state index in [1.807, 2.05) is 0 Å². The summed E-state index contributed by atoms with van der Waals surface area (Å²) in [5.74, 6) is 1.43. The van der Waals surface area contributed by atoms with Gasteiger partial charge in [-0.25, -0.2) is 0 Å². The molecule has 0 spiro atoms. The fourth-order valence-electron chi connectivity index (χ4n) is 5.64. The maximum Gasteiger partial charge on any atom is 0.257 e. The van der Waals surface area contributed by atoms with Gasteiger partial charge in [-0.2, -0.15) is 4.98 Å². The molecule has 1 aliphatic carbocycles. The van der Waals surface area contributed by atoms with Gasteiger partial charge in [-0.1, -0.05) is 30.9 Å². The number of piperidine rings is 2. The smallest absolute Gasteiger partial charge is 0.257 e. The zero-order chi connectivity index (χ0) is 24.1. The van der Waals surface area contributed by atoms with Crippen LogP contribution < -0.4 is 15.8 Å². The Balaban J connectivity index is 1.19. The number of hydrogen-bond acceptors (Lipinski definition) is 6. The van der Waals surface area contributed by atoms with E-state index in [0.717, 1.165) is 71.2 Å². The average molecular weight is 492 g/mol. The first-order valence-corrected chi connectivity index (χ1v) is 13.1. The van der Waals surface area contributed by atoms with Crippen LogP contribution in [0, 0.1) is 11.8 Å². The molecule has 2 aliphatic heterocycles. The minimum absolute atomic E-state index is 0.111. The van der Waals surface area contributed by atoms with Gasteiger partial charge in [-0.3, -0.25) is 9.59 Å². The van der Waals surface area contributed by atoms with Crippen molar-refractivity contribution < 1.29 is 14.3 Å². The highest BCUT2D eigenvalue weighted by Gasteiger charge is 2.30. The molecule has 0 atom stereocenters. The number of nitrogens with zero attached hydrogens (tertiary/aromatic N) is 3. The summed E-state index contributed by atoms with van der Waals surface area (Å²) >= 11 is 6.06. The van der Waals surface area contributed by atoms with Crippen LogP contribution in [0.5, 0.6) is 5.88 Å². The second-order valence-corrected chi connectivity index (χ2v) is 10.5. The van der Waals surface area contributed by atoms with Gasteiger partial charge in [0.15, 0.2) is 0 Å². The molecule has 3 fully saturated rings. The van der Waals surface area contributed by atoms with Crippen molar-refractivity contribution in [1.29, 1.82) is 0 Å². The predicted molar refractivity (Wildman–Crippen MR) is 133 cm³/mol. The molecule has 0 unspecified atom stereocenters. The number of aromatic nitrogens is 1. The first kappa shape index (κ1) is 25.0. The number of rotatable bonds is 6. The number of nitrogens with one attached hydrogen (secondary N) is 1. The van der Waals surface area contributed by atoms with Crippen LogP contribution in [0.3, 0.4) is 0 Å². The Morgan fingerprint density at radius 3 is 2.41 bits per heavy atom. The van der Waals surface area contributed by atoms with Crippen molar-refractivity contribution in [3.05, 3.63) is 16.7 Å². The first-order valence-electron chi connectivity index (χ1n) is 12.8. The quantitative estimate of drug-likeness (QED) is 0.633. The summed E-state index contributed by atoms with van der Waals surface area (Å²) in [6, 6.07) is 1.62.